The van der Waals surface area contributed by atoms with Gasteiger partial charge in [-0.2, -0.15) is 13.2 Å². The van der Waals surface area contributed by atoms with E-state index in [1.54, 1.807) is 0 Å². The normalized spacial score (nSPS) is 11.4. The molecule has 11 heteroatoms. The maximum atomic E-state index is 12.7. The molecule has 0 fully saturated rings. The molecule has 38 heavy (non-hydrogen) atoms. The third kappa shape index (κ3) is 10.6. The molecule has 0 aliphatic heterocycles. The van der Waals surface area contributed by atoms with Crippen molar-refractivity contribution in [3.05, 3.63) is 52.3 Å². The van der Waals surface area contributed by atoms with Gasteiger partial charge < -0.3 is 29.7 Å². The van der Waals surface area contributed by atoms with Crippen molar-refractivity contribution < 1.29 is 47.5 Å². The summed E-state index contributed by atoms with van der Waals surface area (Å²) in [5, 5.41) is 10.8. The van der Waals surface area contributed by atoms with E-state index in [9.17, 15) is 22.8 Å². The van der Waals surface area contributed by atoms with E-state index in [0.717, 1.165) is 12.1 Å². The lowest BCUT2D eigenvalue weighted by Crippen LogP contribution is -2.76. The number of aromatic nitrogens is 1. The standard InChI is InChI=1S/C25H36N2O4.C2HF3O2/c1-7-9-10-11-17-12-14-18(15-13-17)26-16-20-21(23(28)30-6)19(8-2)22(27-20)24(29)31-25(3,4)5;3-2(4,5)1(6)7/h12-15,26-27H,7-11,16H2,1-6H3;(H,6,7). The van der Waals surface area contributed by atoms with Gasteiger partial charge in [-0.1, -0.05) is 38.8 Å². The third-order valence-corrected chi connectivity index (χ3v) is 5.35. The number of nitrogens with two attached hydrogens (primary N) is 1. The highest BCUT2D eigenvalue weighted by Crippen LogP contribution is 2.23. The highest BCUT2D eigenvalue weighted by molar-refractivity contribution is 5.98. The van der Waals surface area contributed by atoms with Gasteiger partial charge in [-0.25, -0.2) is 9.59 Å². The summed E-state index contributed by atoms with van der Waals surface area (Å²) in [5.41, 5.74) is 3.84. The van der Waals surface area contributed by atoms with Gasteiger partial charge in [0.25, 0.3) is 0 Å². The number of ether oxygens (including phenoxy) is 2. The molecule has 0 saturated heterocycles. The Bertz CT molecular complexity index is 1070. The van der Waals surface area contributed by atoms with Crippen LogP contribution in [0.25, 0.3) is 0 Å². The quantitative estimate of drug-likeness (QED) is 0.268. The molecule has 0 saturated carbocycles. The number of carbonyl (C=O) groups is 3. The lowest BCUT2D eigenvalue weighted by Gasteiger charge is -2.19. The zero-order chi connectivity index (χ0) is 29.1. The maximum absolute atomic E-state index is 12.7. The number of hydrogen-bond donors (Lipinski definition) is 2. The van der Waals surface area contributed by atoms with Crippen molar-refractivity contribution in [2.45, 2.75) is 85.0 Å². The number of carboxylic acids is 1. The Kier molecular flexibility index (Phi) is 12.5. The number of alkyl halides is 3. The lowest BCUT2D eigenvalue weighted by molar-refractivity contribution is -0.589. The minimum atomic E-state index is -5.19. The fourth-order valence-corrected chi connectivity index (χ4v) is 3.57. The van der Waals surface area contributed by atoms with Gasteiger partial charge in [-0.15, -0.1) is 0 Å². The highest BCUT2D eigenvalue weighted by atomic mass is 19.4. The molecule has 0 radical (unpaired) electrons. The molecular weight excluding hydrogens is 505 g/mol. The predicted molar refractivity (Wildman–Crippen MR) is 133 cm³/mol. The Morgan fingerprint density at radius 3 is 2.03 bits per heavy atom. The predicted octanol–water partition coefficient (Wildman–Crippen LogP) is 3.75. The van der Waals surface area contributed by atoms with Gasteiger partial charge >= 0.3 is 18.1 Å². The second-order valence-corrected chi connectivity index (χ2v) is 9.57. The number of rotatable bonds is 10. The number of nitrogens with one attached hydrogen (secondary N) is 1. The second-order valence-electron chi connectivity index (χ2n) is 9.57. The summed E-state index contributed by atoms with van der Waals surface area (Å²) in [6.07, 6.45) is 0.0857. The molecule has 0 aliphatic carbocycles. The molecule has 0 spiro atoms. The topological polar surface area (TPSA) is 125 Å². The molecule has 2 rings (SSSR count). The van der Waals surface area contributed by atoms with Crippen LogP contribution in [0.1, 0.15) is 91.5 Å². The van der Waals surface area contributed by atoms with Crippen LogP contribution < -0.4 is 10.4 Å². The number of aliphatic carboxylic acids is 1. The number of carbonyl (C=O) groups excluding carboxylic acids is 3. The molecule has 2 aromatic rings. The molecule has 3 N–H and O–H groups in total. The Balaban J connectivity index is 0.000000905. The molecule has 0 aliphatic rings. The summed E-state index contributed by atoms with van der Waals surface area (Å²) in [7, 11) is 1.35. The first-order chi connectivity index (χ1) is 17.6. The number of H-pyrrole nitrogens is 1. The van der Waals surface area contributed by atoms with Gasteiger partial charge in [0, 0.05) is 0 Å². The van der Waals surface area contributed by atoms with Crippen LogP contribution in [0.4, 0.5) is 18.9 Å². The minimum absolute atomic E-state index is 0.326. The van der Waals surface area contributed by atoms with Gasteiger partial charge in [0.05, 0.1) is 18.4 Å². The van der Waals surface area contributed by atoms with Gasteiger partial charge in [0.15, 0.2) is 0 Å². The van der Waals surface area contributed by atoms with Crippen molar-refractivity contribution in [1.29, 1.82) is 0 Å². The van der Waals surface area contributed by atoms with Crippen molar-refractivity contribution in [3.63, 3.8) is 0 Å². The number of unbranched alkanes of at least 4 members (excludes halogenated alkanes) is 2. The smallest absolute Gasteiger partial charge is 0.430 e. The summed E-state index contributed by atoms with van der Waals surface area (Å²) in [6.45, 7) is 10.1. The largest absolute Gasteiger partial charge is 0.542 e. The van der Waals surface area contributed by atoms with Crippen LogP contribution in [0.5, 0.6) is 0 Å². The van der Waals surface area contributed by atoms with Crippen molar-refractivity contribution in [2.24, 2.45) is 0 Å². The van der Waals surface area contributed by atoms with Crippen LogP contribution in [0.15, 0.2) is 24.3 Å². The molecular formula is C27H37F3N2O6. The average molecular weight is 543 g/mol. The molecule has 0 atom stereocenters. The first-order valence-electron chi connectivity index (χ1n) is 12.4. The number of methoxy groups -OCH3 is 1. The van der Waals surface area contributed by atoms with Crippen molar-refractivity contribution in [2.75, 3.05) is 7.11 Å². The van der Waals surface area contributed by atoms with E-state index >= 15 is 0 Å². The molecule has 1 aromatic heterocycles. The van der Waals surface area contributed by atoms with E-state index in [0.29, 0.717) is 35.5 Å². The molecule has 0 amide bonds. The average Bonchev–Trinajstić information content (AvgIpc) is 3.21. The van der Waals surface area contributed by atoms with Crippen LogP contribution in [0, 0.1) is 0 Å². The zero-order valence-electron chi connectivity index (χ0n) is 22.7. The number of halogens is 3. The van der Waals surface area contributed by atoms with E-state index < -0.39 is 29.7 Å². The number of aryl methyl sites for hydroxylation is 1. The summed E-state index contributed by atoms with van der Waals surface area (Å²) < 4.78 is 42.1. The van der Waals surface area contributed by atoms with E-state index in [4.69, 9.17) is 19.4 Å². The van der Waals surface area contributed by atoms with Gasteiger partial charge in [0.1, 0.15) is 29.5 Å². The number of carboxylic acid groups (broad SMARTS) is 1. The van der Waals surface area contributed by atoms with Crippen LogP contribution >= 0.6 is 0 Å². The maximum Gasteiger partial charge on any atom is 0.430 e. The Morgan fingerprint density at radius 1 is 1.00 bits per heavy atom. The Morgan fingerprint density at radius 2 is 1.58 bits per heavy atom. The number of quaternary nitrogens is 1. The van der Waals surface area contributed by atoms with Gasteiger partial charge in [0.2, 0.25) is 0 Å². The summed E-state index contributed by atoms with van der Waals surface area (Å²) in [6, 6.07) is 8.50. The van der Waals surface area contributed by atoms with E-state index in [1.807, 2.05) is 33.0 Å². The minimum Gasteiger partial charge on any atom is -0.542 e. The van der Waals surface area contributed by atoms with E-state index in [-0.39, 0.29) is 0 Å². The first kappa shape index (κ1) is 32.7. The zero-order valence-corrected chi connectivity index (χ0v) is 22.7. The van der Waals surface area contributed by atoms with Crippen LogP contribution in [-0.4, -0.2) is 41.8 Å². The van der Waals surface area contributed by atoms with Crippen LogP contribution in [-0.2, 0) is 33.7 Å². The summed E-state index contributed by atoms with van der Waals surface area (Å²) in [4.78, 5) is 37.2. The monoisotopic (exact) mass is 542 g/mol. The van der Waals surface area contributed by atoms with E-state index in [2.05, 4.69) is 36.2 Å². The molecule has 8 nitrogen and oxygen atoms in total. The van der Waals surface area contributed by atoms with Gasteiger partial charge in [-0.3, -0.25) is 0 Å². The highest BCUT2D eigenvalue weighted by Gasteiger charge is 2.30. The molecule has 1 heterocycles. The Hall–Kier alpha value is -3.34. The fourth-order valence-electron chi connectivity index (χ4n) is 3.57. The number of benzene rings is 1. The van der Waals surface area contributed by atoms with Crippen molar-refractivity contribution in [1.82, 2.24) is 4.98 Å². The second kappa shape index (κ2) is 14.6. The molecule has 212 valence electrons. The fraction of sp³-hybridized carbons (Fsp3) is 0.519. The van der Waals surface area contributed by atoms with Crippen LogP contribution in [0.3, 0.4) is 0 Å². The number of hydrogen-bond acceptors (Lipinski definition) is 6. The van der Waals surface area contributed by atoms with Gasteiger partial charge in [-0.05, 0) is 63.3 Å². The number of esters is 2. The summed E-state index contributed by atoms with van der Waals surface area (Å²) in [5.74, 6) is -3.91. The van der Waals surface area contributed by atoms with E-state index in [1.165, 1.54) is 31.9 Å². The van der Waals surface area contributed by atoms with Crippen molar-refractivity contribution >= 4 is 23.6 Å². The molecule has 1 aromatic carbocycles. The molecule has 0 bridgehead atoms. The Labute approximate surface area is 220 Å². The third-order valence-electron chi connectivity index (χ3n) is 5.35. The van der Waals surface area contributed by atoms with Crippen LogP contribution in [0.2, 0.25) is 0 Å². The lowest BCUT2D eigenvalue weighted by atomic mass is 10.1. The first-order valence-corrected chi connectivity index (χ1v) is 12.4. The number of aromatic amines is 1. The SMILES string of the molecule is CCCCCc1ccc([NH2+]Cc2[nH]c(C(=O)OC(C)(C)C)c(CC)c2C(=O)OC)cc1.O=C([O-])C(F)(F)F. The van der Waals surface area contributed by atoms with Crippen molar-refractivity contribution in [3.8, 4) is 0 Å². The summed E-state index contributed by atoms with van der Waals surface area (Å²) >= 11 is 0. The molecule has 0 unspecified atom stereocenters.